The van der Waals surface area contributed by atoms with Crippen LogP contribution >= 0.6 is 0 Å². The van der Waals surface area contributed by atoms with Gasteiger partial charge in [0.25, 0.3) is 5.91 Å². The number of rotatable bonds is 14. The number of aliphatic carboxylic acids is 1. The summed E-state index contributed by atoms with van der Waals surface area (Å²) >= 11 is 0. The van der Waals surface area contributed by atoms with Crippen molar-refractivity contribution in [2.45, 2.75) is 24.7 Å². The number of pyridine rings is 1. The van der Waals surface area contributed by atoms with Crippen LogP contribution < -0.4 is 20.9 Å². The summed E-state index contributed by atoms with van der Waals surface area (Å²) in [5, 5.41) is 48.2. The molecule has 0 spiro atoms. The number of aromatic hydroxyl groups is 1. The van der Waals surface area contributed by atoms with Gasteiger partial charge in [0.1, 0.15) is 18.1 Å². The quantitative estimate of drug-likeness (QED) is 0.0896. The molecule has 0 aliphatic heterocycles. The second kappa shape index (κ2) is 14.7. The van der Waals surface area contributed by atoms with Crippen LogP contribution in [0.2, 0.25) is 0 Å². The molecule has 2 atom stereocenters. The van der Waals surface area contributed by atoms with Crippen molar-refractivity contribution in [3.05, 3.63) is 141 Å². The number of aromatic amines is 1. The third-order valence-corrected chi connectivity index (χ3v) is 7.79. The van der Waals surface area contributed by atoms with Crippen molar-refractivity contribution in [1.82, 2.24) is 15.6 Å². The number of fused-ring (bicyclic) bond motifs is 1. The summed E-state index contributed by atoms with van der Waals surface area (Å²) in [6, 6.07) is 27.4. The number of ether oxygens (including phenoxy) is 1. The minimum absolute atomic E-state index is 0.0700. The molecule has 47 heavy (non-hydrogen) atoms. The van der Waals surface area contributed by atoms with Crippen LogP contribution in [0.5, 0.6) is 11.5 Å². The van der Waals surface area contributed by atoms with E-state index in [2.05, 4.69) is 15.6 Å². The Kier molecular flexibility index (Phi) is 10.3. The number of phenols is 1. The molecule has 0 unspecified atom stereocenters. The Bertz CT molecular complexity index is 1910. The number of amides is 1. The van der Waals surface area contributed by atoms with Gasteiger partial charge in [-0.05, 0) is 66.1 Å². The number of aliphatic hydroxyl groups is 2. The Morgan fingerprint density at radius 3 is 2.36 bits per heavy atom. The van der Waals surface area contributed by atoms with E-state index in [1.54, 1.807) is 78.9 Å². The van der Waals surface area contributed by atoms with Gasteiger partial charge in [0.2, 0.25) is 11.2 Å². The zero-order chi connectivity index (χ0) is 33.4. The van der Waals surface area contributed by atoms with E-state index in [4.69, 9.17) is 4.74 Å². The van der Waals surface area contributed by atoms with Crippen molar-refractivity contribution >= 4 is 22.8 Å². The van der Waals surface area contributed by atoms with Crippen LogP contribution in [0.25, 0.3) is 10.9 Å². The largest absolute Gasteiger partial charge is 0.506 e. The Labute approximate surface area is 270 Å². The molecule has 1 aromatic heterocycles. The highest BCUT2D eigenvalue weighted by Crippen LogP contribution is 2.32. The fraction of sp³-hybridized carbons (Fsp3) is 0.194. The lowest BCUT2D eigenvalue weighted by Gasteiger charge is -2.25. The first-order valence-corrected chi connectivity index (χ1v) is 15.0. The molecule has 0 aliphatic carbocycles. The summed E-state index contributed by atoms with van der Waals surface area (Å²) in [7, 11) is 0. The van der Waals surface area contributed by atoms with Gasteiger partial charge in [-0.25, -0.2) is 4.79 Å². The lowest BCUT2D eigenvalue weighted by Crippen LogP contribution is -2.36. The zero-order valence-electron chi connectivity index (χ0n) is 25.3. The summed E-state index contributed by atoms with van der Waals surface area (Å²) < 4.78 is 5.87. The van der Waals surface area contributed by atoms with E-state index >= 15 is 0 Å². The average Bonchev–Trinajstić information content (AvgIpc) is 3.09. The number of hydrogen-bond acceptors (Lipinski definition) is 8. The van der Waals surface area contributed by atoms with Crippen LogP contribution in [0.3, 0.4) is 0 Å². The van der Waals surface area contributed by atoms with E-state index in [0.29, 0.717) is 41.8 Å². The molecule has 0 fully saturated rings. The van der Waals surface area contributed by atoms with Gasteiger partial charge in [-0.15, -0.1) is 0 Å². The predicted molar refractivity (Wildman–Crippen MR) is 175 cm³/mol. The number of benzene rings is 4. The molecular weight excluding hydrogens is 602 g/mol. The van der Waals surface area contributed by atoms with Crippen molar-refractivity contribution in [3.8, 4) is 11.5 Å². The van der Waals surface area contributed by atoms with Gasteiger partial charge in [0.15, 0.2) is 0 Å². The number of carboxylic acids is 1. The Morgan fingerprint density at radius 2 is 1.62 bits per heavy atom. The smallest absolute Gasteiger partial charge is 0.345 e. The molecule has 7 N–H and O–H groups in total. The number of hydrogen-bond donors (Lipinski definition) is 7. The predicted octanol–water partition coefficient (Wildman–Crippen LogP) is 3.58. The number of aromatic nitrogens is 1. The number of phenolic OH excluding ortho intramolecular Hbond substituents is 1. The second-order valence-electron chi connectivity index (χ2n) is 11.0. The van der Waals surface area contributed by atoms with Crippen LogP contribution in [0.4, 0.5) is 0 Å². The number of nitrogens with one attached hydrogen (secondary N) is 3. The van der Waals surface area contributed by atoms with Gasteiger partial charge in [0, 0.05) is 35.7 Å². The van der Waals surface area contributed by atoms with Gasteiger partial charge < -0.3 is 40.8 Å². The Hall–Kier alpha value is -5.49. The molecule has 11 heteroatoms. The van der Waals surface area contributed by atoms with Crippen LogP contribution in [0.1, 0.15) is 45.1 Å². The van der Waals surface area contributed by atoms with Crippen LogP contribution in [-0.2, 0) is 17.0 Å². The topological polar surface area (TPSA) is 181 Å². The maximum Gasteiger partial charge on any atom is 0.345 e. The minimum Gasteiger partial charge on any atom is -0.506 e. The number of carbonyl (C=O) groups excluding carboxylic acids is 1. The maximum atomic E-state index is 12.6. The van der Waals surface area contributed by atoms with Crippen molar-refractivity contribution in [2.75, 3.05) is 19.6 Å². The highest BCUT2D eigenvalue weighted by molar-refractivity contribution is 5.94. The van der Waals surface area contributed by atoms with Gasteiger partial charge in [-0.1, -0.05) is 60.7 Å². The summed E-state index contributed by atoms with van der Waals surface area (Å²) in [6.07, 6.45) is -0.249. The zero-order valence-corrected chi connectivity index (χ0v) is 25.3. The van der Waals surface area contributed by atoms with Gasteiger partial charge >= 0.3 is 5.97 Å². The first-order chi connectivity index (χ1) is 22.7. The second-order valence-corrected chi connectivity index (χ2v) is 11.0. The first-order valence-electron chi connectivity index (χ1n) is 15.0. The van der Waals surface area contributed by atoms with Crippen LogP contribution in [0.15, 0.2) is 108 Å². The summed E-state index contributed by atoms with van der Waals surface area (Å²) in [5.74, 6) is -1.32. The molecule has 11 nitrogen and oxygen atoms in total. The third-order valence-electron chi connectivity index (χ3n) is 7.79. The summed E-state index contributed by atoms with van der Waals surface area (Å²) in [6.45, 7) is 1.36. The lowest BCUT2D eigenvalue weighted by molar-refractivity contribution is -0.155. The summed E-state index contributed by atoms with van der Waals surface area (Å²) in [4.78, 5) is 38.9. The molecule has 1 amide bonds. The van der Waals surface area contributed by atoms with Crippen LogP contribution in [-0.4, -0.2) is 56.9 Å². The van der Waals surface area contributed by atoms with Gasteiger partial charge in [-0.2, -0.15) is 0 Å². The van der Waals surface area contributed by atoms with E-state index in [1.165, 1.54) is 24.3 Å². The fourth-order valence-corrected chi connectivity index (χ4v) is 5.24. The van der Waals surface area contributed by atoms with Gasteiger partial charge in [0.05, 0.1) is 11.6 Å². The first kappa shape index (κ1) is 32.9. The van der Waals surface area contributed by atoms with E-state index < -0.39 is 17.7 Å². The highest BCUT2D eigenvalue weighted by Gasteiger charge is 2.40. The van der Waals surface area contributed by atoms with E-state index in [9.17, 15) is 34.8 Å². The number of H-pyrrole nitrogens is 1. The fourth-order valence-electron chi connectivity index (χ4n) is 5.24. The molecule has 0 saturated heterocycles. The highest BCUT2D eigenvalue weighted by atomic mass is 16.5. The molecule has 0 saturated carbocycles. The molecule has 5 rings (SSSR count). The molecule has 0 bridgehead atoms. The molecule has 5 aromatic rings. The minimum atomic E-state index is -2.24. The van der Waals surface area contributed by atoms with Crippen molar-refractivity contribution < 1.29 is 34.8 Å². The average molecular weight is 638 g/mol. The number of aliphatic hydroxyl groups excluding tert-OH is 1. The van der Waals surface area contributed by atoms with E-state index in [1.807, 2.05) is 0 Å². The van der Waals surface area contributed by atoms with Crippen LogP contribution in [0, 0.1) is 0 Å². The molecule has 1 heterocycles. The van der Waals surface area contributed by atoms with E-state index in [0.717, 1.165) is 5.56 Å². The van der Waals surface area contributed by atoms with Crippen molar-refractivity contribution in [3.63, 3.8) is 0 Å². The molecule has 0 aliphatic rings. The molecule has 242 valence electrons. The maximum absolute atomic E-state index is 12.6. The molecular formula is C36H35N3O8. The SMILES string of the molecule is O=C(NCCCNC[C@H](O)c1ccc(O)c2[nH]c(=O)ccc12)c1ccc(COc2cccc([C@@](O)(C(=O)O)c3ccccc3)c2)cc1. The standard InChI is InChI=1S/C36H35N3O8/c40-30-16-14-28(29-15-17-32(42)39-33(29)30)31(41)21-37-18-5-19-38-34(43)24-12-10-23(11-13-24)22-47-27-9-4-8-26(20-27)36(46,35(44)45)25-6-2-1-3-7-25/h1-4,6-17,20,31,37,40-41,46H,5,18-19,21-22H2,(H,38,43)(H,39,42)(H,44,45)/t31-,36+/m0/s1. The van der Waals surface area contributed by atoms with Crippen molar-refractivity contribution in [2.24, 2.45) is 0 Å². The number of carboxylic acid groups (broad SMARTS) is 1. The molecule has 0 radical (unpaired) electrons. The Balaban J connectivity index is 1.07. The monoisotopic (exact) mass is 637 g/mol. The molecule has 4 aromatic carbocycles. The number of carbonyl (C=O) groups is 2. The van der Waals surface area contributed by atoms with E-state index in [-0.39, 0.29) is 47.0 Å². The normalized spacial score (nSPS) is 13.1. The van der Waals surface area contributed by atoms with Crippen molar-refractivity contribution in [1.29, 1.82) is 0 Å². The lowest BCUT2D eigenvalue weighted by atomic mass is 9.86. The summed E-state index contributed by atoms with van der Waals surface area (Å²) in [5.41, 5.74) is -0.0697. The Morgan fingerprint density at radius 1 is 0.872 bits per heavy atom. The van der Waals surface area contributed by atoms with Gasteiger partial charge in [-0.3, -0.25) is 9.59 Å². The third kappa shape index (κ3) is 7.67.